The number of pyridine rings is 1. The fourth-order valence-corrected chi connectivity index (χ4v) is 1.74. The predicted octanol–water partition coefficient (Wildman–Crippen LogP) is 6.53. The molecule has 2 heterocycles. The maximum Gasteiger partial charge on any atom is 0.101 e. The van der Waals surface area contributed by atoms with Crippen molar-refractivity contribution >= 4 is 0 Å². The van der Waals surface area contributed by atoms with Crippen molar-refractivity contribution in [1.29, 1.82) is 0 Å². The van der Waals surface area contributed by atoms with Gasteiger partial charge in [-0.05, 0) is 65.3 Å². The molecule has 0 atom stereocenters. The number of aryl methyl sites for hydroxylation is 6. The molecule has 3 rings (SSSR count). The van der Waals surface area contributed by atoms with Crippen molar-refractivity contribution in [2.45, 2.75) is 49.0 Å². The highest BCUT2D eigenvalue weighted by molar-refractivity contribution is 5.19. The molecule has 3 aromatic rings. The Bertz CT molecular complexity index is 577. The van der Waals surface area contributed by atoms with Crippen molar-refractivity contribution in [3.05, 3.63) is 88.6 Å². The Morgan fingerprint density at radius 1 is 0.583 bits per heavy atom. The van der Waals surface area contributed by atoms with Crippen molar-refractivity contribution in [2.24, 2.45) is 0 Å². The molecule has 0 bridgehead atoms. The number of hydrogen-bond donors (Lipinski definition) is 0. The molecule has 0 aliphatic carbocycles. The lowest BCUT2D eigenvalue weighted by atomic mass is 10.2. The van der Waals surface area contributed by atoms with Gasteiger partial charge < -0.3 is 4.42 Å². The summed E-state index contributed by atoms with van der Waals surface area (Å²) in [5.74, 6) is 1.97. The maximum atomic E-state index is 5.08. The van der Waals surface area contributed by atoms with Crippen LogP contribution in [-0.2, 0) is 0 Å². The standard InChI is InChI=1S/C8H10.C7H9N.C6H8O.CH4/c1-7-3-5-8(2)6-4-7;1-6-3-4-7(2)8-5-6;1-5-3-4-6(2)7-5;/h3-6H,1-2H3;3-5H,1-2H3;3-4H,1-2H3;1H4. The molecule has 130 valence electrons. The smallest absolute Gasteiger partial charge is 0.101 e. The van der Waals surface area contributed by atoms with E-state index in [1.165, 1.54) is 16.7 Å². The van der Waals surface area contributed by atoms with Gasteiger partial charge in [-0.1, -0.05) is 48.9 Å². The lowest BCUT2D eigenvalue weighted by molar-refractivity contribution is 0.504. The Morgan fingerprint density at radius 2 is 1.00 bits per heavy atom. The minimum Gasteiger partial charge on any atom is -0.467 e. The van der Waals surface area contributed by atoms with Gasteiger partial charge in [-0.2, -0.15) is 0 Å². The molecule has 0 amide bonds. The zero-order valence-electron chi connectivity index (χ0n) is 15.1. The monoisotopic (exact) mass is 325 g/mol. The first-order valence-corrected chi connectivity index (χ1v) is 7.82. The Kier molecular flexibility index (Phi) is 10.1. The zero-order chi connectivity index (χ0) is 17.2. The van der Waals surface area contributed by atoms with E-state index in [-0.39, 0.29) is 7.43 Å². The second kappa shape index (κ2) is 11.2. The Labute approximate surface area is 147 Å². The zero-order valence-corrected chi connectivity index (χ0v) is 15.1. The highest BCUT2D eigenvalue weighted by Crippen LogP contribution is 2.02. The maximum absolute atomic E-state index is 5.08. The van der Waals surface area contributed by atoms with Crippen LogP contribution in [0.3, 0.4) is 0 Å². The molecule has 0 saturated carbocycles. The van der Waals surface area contributed by atoms with Gasteiger partial charge in [0, 0.05) is 11.9 Å². The second-order valence-corrected chi connectivity index (χ2v) is 5.79. The molecular formula is C22H31NO. The summed E-state index contributed by atoms with van der Waals surface area (Å²) < 4.78 is 5.08. The van der Waals surface area contributed by atoms with Gasteiger partial charge in [0.2, 0.25) is 0 Å². The van der Waals surface area contributed by atoms with E-state index in [1.54, 1.807) is 0 Å². The van der Waals surface area contributed by atoms with Gasteiger partial charge in [0.15, 0.2) is 0 Å². The number of aromatic nitrogens is 1. The van der Waals surface area contributed by atoms with Crippen LogP contribution in [0.25, 0.3) is 0 Å². The lowest BCUT2D eigenvalue weighted by Crippen LogP contribution is -1.78. The summed E-state index contributed by atoms with van der Waals surface area (Å²) in [6.07, 6.45) is 1.87. The van der Waals surface area contributed by atoms with Gasteiger partial charge in [0.05, 0.1) is 0 Å². The summed E-state index contributed by atoms with van der Waals surface area (Å²) in [6.45, 7) is 12.1. The van der Waals surface area contributed by atoms with Gasteiger partial charge >= 0.3 is 0 Å². The molecule has 0 aliphatic heterocycles. The van der Waals surface area contributed by atoms with Crippen molar-refractivity contribution in [2.75, 3.05) is 0 Å². The van der Waals surface area contributed by atoms with Gasteiger partial charge in [-0.15, -0.1) is 0 Å². The van der Waals surface area contributed by atoms with Crippen LogP contribution in [0.1, 0.15) is 41.3 Å². The largest absolute Gasteiger partial charge is 0.467 e. The fourth-order valence-electron chi connectivity index (χ4n) is 1.74. The van der Waals surface area contributed by atoms with Gasteiger partial charge in [-0.3, -0.25) is 4.98 Å². The second-order valence-electron chi connectivity index (χ2n) is 5.79. The number of hydrogen-bond acceptors (Lipinski definition) is 2. The molecule has 24 heavy (non-hydrogen) atoms. The molecule has 2 aromatic heterocycles. The molecular weight excluding hydrogens is 294 g/mol. The van der Waals surface area contributed by atoms with Crippen LogP contribution in [-0.4, -0.2) is 4.98 Å². The Morgan fingerprint density at radius 3 is 1.25 bits per heavy atom. The third-order valence-corrected chi connectivity index (χ3v) is 3.15. The van der Waals surface area contributed by atoms with Crippen LogP contribution < -0.4 is 0 Å². The molecule has 1 aromatic carbocycles. The highest BCUT2D eigenvalue weighted by atomic mass is 16.3. The van der Waals surface area contributed by atoms with E-state index < -0.39 is 0 Å². The van der Waals surface area contributed by atoms with Crippen LogP contribution in [0.5, 0.6) is 0 Å². The molecule has 0 spiro atoms. The number of benzene rings is 1. The summed E-state index contributed by atoms with van der Waals surface area (Å²) in [5, 5.41) is 0. The number of nitrogens with zero attached hydrogens (tertiary/aromatic N) is 1. The molecule has 0 N–H and O–H groups in total. The number of furan rings is 1. The van der Waals surface area contributed by atoms with E-state index in [2.05, 4.69) is 49.2 Å². The van der Waals surface area contributed by atoms with Crippen molar-refractivity contribution in [3.8, 4) is 0 Å². The summed E-state index contributed by atoms with van der Waals surface area (Å²) in [7, 11) is 0. The molecule has 0 saturated heterocycles. The normalized spacial score (nSPS) is 8.92. The Balaban J connectivity index is 0.000000325. The first-order valence-electron chi connectivity index (χ1n) is 7.82. The van der Waals surface area contributed by atoms with Crippen LogP contribution >= 0.6 is 0 Å². The fraction of sp³-hybridized carbons (Fsp3) is 0.318. The average Bonchev–Trinajstić information content (AvgIpc) is 2.90. The van der Waals surface area contributed by atoms with Crippen LogP contribution in [0.2, 0.25) is 0 Å². The minimum atomic E-state index is 0. The van der Waals surface area contributed by atoms with Crippen molar-refractivity contribution < 1.29 is 4.42 Å². The molecule has 0 radical (unpaired) electrons. The summed E-state index contributed by atoms with van der Waals surface area (Å²) in [6, 6.07) is 16.5. The third kappa shape index (κ3) is 9.62. The van der Waals surface area contributed by atoms with Crippen LogP contribution in [0, 0.1) is 41.5 Å². The first-order chi connectivity index (χ1) is 10.9. The predicted molar refractivity (Wildman–Crippen MR) is 105 cm³/mol. The number of rotatable bonds is 0. The van der Waals surface area contributed by atoms with E-state index in [1.807, 2.05) is 52.1 Å². The van der Waals surface area contributed by atoms with E-state index in [9.17, 15) is 0 Å². The molecule has 0 aliphatic rings. The quantitative estimate of drug-likeness (QED) is 0.469. The SMILES string of the molecule is C.Cc1ccc(C)cc1.Cc1ccc(C)nc1.Cc1ccc(C)o1. The Hall–Kier alpha value is -2.35. The molecule has 2 nitrogen and oxygen atoms in total. The topological polar surface area (TPSA) is 26.0 Å². The average molecular weight is 325 g/mol. The van der Waals surface area contributed by atoms with Gasteiger partial charge in [0.25, 0.3) is 0 Å². The first kappa shape index (κ1) is 21.6. The van der Waals surface area contributed by atoms with Crippen molar-refractivity contribution in [3.63, 3.8) is 0 Å². The summed E-state index contributed by atoms with van der Waals surface area (Å²) in [4.78, 5) is 4.08. The molecule has 0 fully saturated rings. The van der Waals surface area contributed by atoms with Crippen LogP contribution in [0.4, 0.5) is 0 Å². The van der Waals surface area contributed by atoms with Crippen LogP contribution in [0.15, 0.2) is 59.1 Å². The lowest BCUT2D eigenvalue weighted by Gasteiger charge is -1.90. The third-order valence-electron chi connectivity index (χ3n) is 3.15. The molecule has 2 heteroatoms. The summed E-state index contributed by atoms with van der Waals surface area (Å²) in [5.41, 5.74) is 4.96. The van der Waals surface area contributed by atoms with Gasteiger partial charge in [-0.25, -0.2) is 0 Å². The van der Waals surface area contributed by atoms with E-state index in [0.29, 0.717) is 0 Å². The van der Waals surface area contributed by atoms with E-state index in [4.69, 9.17) is 4.42 Å². The van der Waals surface area contributed by atoms with E-state index in [0.717, 1.165) is 17.2 Å². The van der Waals surface area contributed by atoms with Gasteiger partial charge in [0.1, 0.15) is 11.5 Å². The van der Waals surface area contributed by atoms with Crippen molar-refractivity contribution in [1.82, 2.24) is 4.98 Å². The summed E-state index contributed by atoms with van der Waals surface area (Å²) >= 11 is 0. The minimum absolute atomic E-state index is 0. The van der Waals surface area contributed by atoms with E-state index >= 15 is 0 Å². The molecule has 0 unspecified atom stereocenters. The highest BCUT2D eigenvalue weighted by Gasteiger charge is 1.85.